The second kappa shape index (κ2) is 27.0. The van der Waals surface area contributed by atoms with Crippen molar-refractivity contribution in [2.24, 2.45) is 30.0 Å². The minimum atomic E-state index is -0.0454. The highest BCUT2D eigenvalue weighted by Crippen LogP contribution is 2.35. The third-order valence-electron chi connectivity index (χ3n) is 15.3. The topological polar surface area (TPSA) is 130 Å². The second-order valence-corrected chi connectivity index (χ2v) is 20.6. The van der Waals surface area contributed by atoms with Crippen LogP contribution in [0.25, 0.3) is 0 Å². The summed E-state index contributed by atoms with van der Waals surface area (Å²) in [7, 11) is 5.10. The minimum absolute atomic E-state index is 0.0435. The zero-order valence-electron chi connectivity index (χ0n) is 45.3. The Morgan fingerprint density at radius 2 is 0.500 bits per heavy atom. The molecule has 12 heteroatoms. The molecule has 0 N–H and O–H groups in total. The molecule has 6 aliphatic heterocycles. The Balaban J connectivity index is 1.07. The van der Waals surface area contributed by atoms with E-state index in [1.807, 2.05) is 128 Å². The Kier molecular flexibility index (Phi) is 18.5. The molecule has 0 radical (unpaired) electrons. The van der Waals surface area contributed by atoms with Gasteiger partial charge in [-0.15, -0.1) is 0 Å². The number of benzene rings is 6. The molecule has 6 atom stereocenters. The molecule has 6 heterocycles. The van der Waals surface area contributed by atoms with Crippen LogP contribution in [-0.4, -0.2) is 94.9 Å². The highest BCUT2D eigenvalue weighted by atomic mass is 16.5. The maximum absolute atomic E-state index is 6.65. The summed E-state index contributed by atoms with van der Waals surface area (Å²) in [5, 5.41) is 0. The van der Waals surface area contributed by atoms with Gasteiger partial charge in [0.25, 0.3) is 0 Å². The molecule has 6 aromatic rings. The summed E-state index contributed by atoms with van der Waals surface area (Å²) in [5.74, 6) is 4.13. The summed E-state index contributed by atoms with van der Waals surface area (Å²) >= 11 is 0. The molecule has 3 fully saturated rings. The van der Waals surface area contributed by atoms with E-state index in [0.717, 1.165) is 127 Å². The van der Waals surface area contributed by atoms with Crippen LogP contribution >= 0.6 is 0 Å². The zero-order chi connectivity index (χ0) is 53.3. The Bertz CT molecular complexity index is 2770. The average Bonchev–Trinajstić information content (AvgIpc) is 3.51. The number of ether oxygens (including phenoxy) is 6. The van der Waals surface area contributed by atoms with Crippen molar-refractivity contribution in [3.05, 3.63) is 177 Å². The highest BCUT2D eigenvalue weighted by Gasteiger charge is 2.27. The number of aliphatic imine (C=N–C) groups is 6. The molecule has 0 unspecified atom stereocenters. The molecule has 6 aromatic carbocycles. The maximum atomic E-state index is 6.65. The van der Waals surface area contributed by atoms with Crippen LogP contribution < -0.4 is 28.4 Å². The van der Waals surface area contributed by atoms with Crippen molar-refractivity contribution in [3.8, 4) is 34.5 Å². The van der Waals surface area contributed by atoms with Gasteiger partial charge in [0.05, 0.1) is 57.6 Å². The predicted octanol–water partition coefficient (Wildman–Crippen LogP) is 13.3. The summed E-state index contributed by atoms with van der Waals surface area (Å²) in [6.45, 7) is 1.17. The summed E-state index contributed by atoms with van der Waals surface area (Å²) in [4.78, 5) is 31.7. The van der Waals surface area contributed by atoms with Crippen molar-refractivity contribution >= 4 is 37.3 Å². The first-order valence-electron chi connectivity index (χ1n) is 27.9. The third-order valence-corrected chi connectivity index (χ3v) is 15.3. The van der Waals surface area contributed by atoms with Crippen molar-refractivity contribution in [3.63, 3.8) is 0 Å². The normalized spacial score (nSPS) is 21.3. The van der Waals surface area contributed by atoms with E-state index in [9.17, 15) is 0 Å². The fourth-order valence-corrected chi connectivity index (χ4v) is 10.9. The average molecular weight is 1050 g/mol. The number of rotatable bonds is 12. The lowest BCUT2D eigenvalue weighted by Gasteiger charge is -2.26. The van der Waals surface area contributed by atoms with Crippen LogP contribution in [0.4, 0.5) is 0 Å². The highest BCUT2D eigenvalue weighted by molar-refractivity contribution is 5.93. The molecular weight excluding hydrogens is 973 g/mol. The summed E-state index contributed by atoms with van der Waals surface area (Å²) in [5.41, 5.74) is 8.13. The largest absolute Gasteiger partial charge is 0.496 e. The van der Waals surface area contributed by atoms with Gasteiger partial charge in [-0.25, -0.2) is 0 Å². The zero-order valence-corrected chi connectivity index (χ0v) is 45.3. The molecule has 78 heavy (non-hydrogen) atoms. The molecule has 3 saturated carbocycles. The van der Waals surface area contributed by atoms with Crippen LogP contribution in [0.3, 0.4) is 0 Å². The van der Waals surface area contributed by atoms with Gasteiger partial charge in [0.2, 0.25) is 0 Å². The fourth-order valence-electron chi connectivity index (χ4n) is 10.9. The smallest absolute Gasteiger partial charge is 0.129 e. The first kappa shape index (κ1) is 53.5. The molecule has 0 saturated heterocycles. The van der Waals surface area contributed by atoms with E-state index >= 15 is 0 Å². The number of hydrogen-bond acceptors (Lipinski definition) is 12. The van der Waals surface area contributed by atoms with Crippen molar-refractivity contribution in [1.29, 1.82) is 0 Å². The summed E-state index contributed by atoms with van der Waals surface area (Å²) in [6.07, 6.45) is 23.5. The molecule has 6 bridgehead atoms. The van der Waals surface area contributed by atoms with Gasteiger partial charge in [0, 0.05) is 70.7 Å². The lowest BCUT2D eigenvalue weighted by Crippen LogP contribution is -2.27. The second-order valence-electron chi connectivity index (χ2n) is 20.6. The van der Waals surface area contributed by atoms with Gasteiger partial charge in [-0.2, -0.15) is 0 Å². The minimum Gasteiger partial charge on any atom is -0.496 e. The lowest BCUT2D eigenvalue weighted by atomic mass is 9.91. The first-order chi connectivity index (χ1) is 38.5. The van der Waals surface area contributed by atoms with Gasteiger partial charge in [0.15, 0.2) is 0 Å². The first-order valence-corrected chi connectivity index (χ1v) is 27.9. The molecule has 9 aliphatic rings. The predicted molar refractivity (Wildman–Crippen MR) is 315 cm³/mol. The third kappa shape index (κ3) is 14.0. The molecule has 0 amide bonds. The van der Waals surface area contributed by atoms with Gasteiger partial charge in [-0.05, 0) is 91.6 Å². The van der Waals surface area contributed by atoms with E-state index in [0.29, 0.717) is 54.3 Å². The Morgan fingerprint density at radius 1 is 0.295 bits per heavy atom. The molecule has 0 aromatic heterocycles. The quantitative estimate of drug-likeness (QED) is 0.120. The van der Waals surface area contributed by atoms with E-state index in [1.165, 1.54) is 0 Å². The van der Waals surface area contributed by atoms with Crippen LogP contribution in [0.5, 0.6) is 34.5 Å². The monoisotopic (exact) mass is 1040 g/mol. The maximum Gasteiger partial charge on any atom is 0.129 e. The van der Waals surface area contributed by atoms with Crippen LogP contribution in [0, 0.1) is 0 Å². The van der Waals surface area contributed by atoms with Gasteiger partial charge in [0.1, 0.15) is 54.3 Å². The standard InChI is InChI=1S/C66H72N6O6/c1-73-61-31-52-40-70-59-29-17-14-26-56(59)68-38-50-35-66(78-45-48-23-11-6-12-24-48)54(33-63(50)75-3)42-72-60-30-18-15-27-57(60)69-39-51-36-65(77-44-47-21-9-5-10-22-47)53(32-62(51)74-2)41-71-58-28-16-13-25-55(58)67-37-49(61)34-64(52)76-43-46-19-7-4-8-20-46/h4-12,19-24,31-42,55-60H,13-18,25-30,43-45H2,1-3H3/t55-,56-,57-,58-,59-,60-/m1/s1. The van der Waals surface area contributed by atoms with E-state index in [2.05, 4.69) is 36.4 Å². The van der Waals surface area contributed by atoms with Crippen molar-refractivity contribution in [2.45, 2.75) is 133 Å². The SMILES string of the molecule is COc1cc2c(OCc3ccccc3)cc1C=N[C@@H]1CCCC[C@H]1N=Cc1cc(OC)c(cc1OCc1ccccc1)C=N[C@@H]1CCCC[C@H]1N=Cc1cc(OC)c(cc1OCc1ccccc1)C=N[C@@H]1CCCC[C@H]1N=C2. The van der Waals surface area contributed by atoms with Crippen molar-refractivity contribution in [2.75, 3.05) is 21.3 Å². The Labute approximate surface area is 460 Å². The van der Waals surface area contributed by atoms with E-state index < -0.39 is 0 Å². The number of hydrogen-bond donors (Lipinski definition) is 0. The van der Waals surface area contributed by atoms with Crippen LogP contribution in [0.15, 0.2) is 157 Å². The van der Waals surface area contributed by atoms with Crippen LogP contribution in [-0.2, 0) is 19.8 Å². The molecule has 0 spiro atoms. The Hall–Kier alpha value is -7.86. The van der Waals surface area contributed by atoms with Crippen LogP contribution in [0.2, 0.25) is 0 Å². The van der Waals surface area contributed by atoms with Gasteiger partial charge < -0.3 is 28.4 Å². The van der Waals surface area contributed by atoms with Crippen molar-refractivity contribution in [1.82, 2.24) is 0 Å². The van der Waals surface area contributed by atoms with Gasteiger partial charge >= 0.3 is 0 Å². The van der Waals surface area contributed by atoms with E-state index in [4.69, 9.17) is 58.4 Å². The fraction of sp³-hybridized carbons (Fsp3) is 0.364. The molecule has 3 aliphatic carbocycles. The van der Waals surface area contributed by atoms with Crippen LogP contribution in [0.1, 0.15) is 127 Å². The molecule has 402 valence electrons. The van der Waals surface area contributed by atoms with Gasteiger partial charge in [-0.1, -0.05) is 130 Å². The number of methoxy groups -OCH3 is 3. The summed E-state index contributed by atoms with van der Waals surface area (Å²) in [6, 6.07) is 42.5. The molecule has 15 rings (SSSR count). The van der Waals surface area contributed by atoms with E-state index in [1.54, 1.807) is 21.3 Å². The van der Waals surface area contributed by atoms with E-state index in [-0.39, 0.29) is 36.3 Å². The Morgan fingerprint density at radius 3 is 0.718 bits per heavy atom. The van der Waals surface area contributed by atoms with Gasteiger partial charge in [-0.3, -0.25) is 30.0 Å². The lowest BCUT2D eigenvalue weighted by molar-refractivity contribution is 0.305. The molecule has 12 nitrogen and oxygen atoms in total. The molecular formula is C66H72N6O6. The van der Waals surface area contributed by atoms with Crippen molar-refractivity contribution < 1.29 is 28.4 Å². The summed E-state index contributed by atoms with van der Waals surface area (Å²) < 4.78 is 38.2. The number of nitrogens with zero attached hydrogens (tertiary/aromatic N) is 6.